The molecule has 104 valence electrons. The zero-order valence-electron chi connectivity index (χ0n) is 11.8. The minimum atomic E-state index is -0.507. The van der Waals surface area contributed by atoms with Gasteiger partial charge in [0.15, 0.2) is 0 Å². The van der Waals surface area contributed by atoms with Crippen molar-refractivity contribution in [1.29, 1.82) is 0 Å². The summed E-state index contributed by atoms with van der Waals surface area (Å²) in [5, 5.41) is 3.13. The molecule has 0 radical (unpaired) electrons. The van der Waals surface area contributed by atoms with E-state index in [1.54, 1.807) is 0 Å². The lowest BCUT2D eigenvalue weighted by atomic mass is 9.74. The highest BCUT2D eigenvalue weighted by Gasteiger charge is 2.40. The second kappa shape index (κ2) is 6.00. The summed E-state index contributed by atoms with van der Waals surface area (Å²) in [7, 11) is 0. The number of amides is 1. The molecule has 0 aliphatic heterocycles. The van der Waals surface area contributed by atoms with Crippen LogP contribution in [0.3, 0.4) is 0 Å². The third-order valence-corrected chi connectivity index (χ3v) is 4.93. The lowest BCUT2D eigenvalue weighted by molar-refractivity contribution is -0.133. The van der Waals surface area contributed by atoms with Gasteiger partial charge in [-0.05, 0) is 25.7 Å². The Morgan fingerprint density at radius 2 is 1.78 bits per heavy atom. The minimum absolute atomic E-state index is 0.124. The Balaban J connectivity index is 2.81. The maximum Gasteiger partial charge on any atom is 0.226 e. The number of rotatable bonds is 5. The predicted octanol–water partition coefficient (Wildman–Crippen LogP) is 2.92. The number of hydrogen-bond acceptors (Lipinski definition) is 2. The Bertz CT molecular complexity index is 318. The van der Waals surface area contributed by atoms with Gasteiger partial charge in [-0.2, -0.15) is 0 Å². The van der Waals surface area contributed by atoms with Gasteiger partial charge in [0.2, 0.25) is 5.91 Å². The summed E-state index contributed by atoms with van der Waals surface area (Å²) < 4.78 is 0. The maximum absolute atomic E-state index is 12.5. The van der Waals surface area contributed by atoms with Gasteiger partial charge >= 0.3 is 0 Å². The zero-order chi connectivity index (χ0) is 13.8. The molecule has 3 nitrogen and oxygen atoms in total. The number of hydrogen-bond donors (Lipinski definition) is 2. The van der Waals surface area contributed by atoms with Crippen molar-refractivity contribution in [2.24, 2.45) is 11.1 Å². The van der Waals surface area contributed by atoms with E-state index in [4.69, 9.17) is 18.0 Å². The summed E-state index contributed by atoms with van der Waals surface area (Å²) in [5.41, 5.74) is 5.09. The molecule has 1 amide bonds. The summed E-state index contributed by atoms with van der Waals surface area (Å²) in [5.74, 6) is 0.124. The third-order valence-electron chi connectivity index (χ3n) is 4.54. The molecule has 4 heteroatoms. The highest BCUT2D eigenvalue weighted by atomic mass is 32.1. The Labute approximate surface area is 116 Å². The molecular formula is C14H26N2OS. The topological polar surface area (TPSA) is 55.1 Å². The normalized spacial score (nSPS) is 19.3. The molecule has 0 spiro atoms. The van der Waals surface area contributed by atoms with Gasteiger partial charge < -0.3 is 11.1 Å². The summed E-state index contributed by atoms with van der Waals surface area (Å²) in [4.78, 5) is 12.9. The summed E-state index contributed by atoms with van der Waals surface area (Å²) in [6.45, 7) is 6.11. The van der Waals surface area contributed by atoms with E-state index in [2.05, 4.69) is 12.2 Å². The van der Waals surface area contributed by atoms with Gasteiger partial charge in [0.1, 0.15) is 0 Å². The molecule has 3 N–H and O–H groups in total. The van der Waals surface area contributed by atoms with Crippen molar-refractivity contribution < 1.29 is 4.79 Å². The van der Waals surface area contributed by atoms with Crippen LogP contribution in [-0.2, 0) is 4.79 Å². The molecule has 1 fully saturated rings. The van der Waals surface area contributed by atoms with Gasteiger partial charge in [-0.1, -0.05) is 52.3 Å². The van der Waals surface area contributed by atoms with Crippen LogP contribution in [0.5, 0.6) is 0 Å². The first kappa shape index (κ1) is 15.4. The third kappa shape index (κ3) is 3.02. The first-order chi connectivity index (χ1) is 8.40. The van der Waals surface area contributed by atoms with Crippen LogP contribution in [0.4, 0.5) is 0 Å². The van der Waals surface area contributed by atoms with E-state index in [1.807, 2.05) is 13.8 Å². The van der Waals surface area contributed by atoms with E-state index in [0.717, 1.165) is 38.5 Å². The van der Waals surface area contributed by atoms with E-state index in [0.29, 0.717) is 4.99 Å². The van der Waals surface area contributed by atoms with Crippen molar-refractivity contribution in [3.63, 3.8) is 0 Å². The molecule has 18 heavy (non-hydrogen) atoms. The summed E-state index contributed by atoms with van der Waals surface area (Å²) >= 11 is 5.15. The quantitative estimate of drug-likeness (QED) is 0.755. The lowest BCUT2D eigenvalue weighted by Crippen LogP contribution is -2.59. The Morgan fingerprint density at radius 3 is 2.17 bits per heavy atom. The second-order valence-electron chi connectivity index (χ2n) is 5.73. The number of nitrogens with two attached hydrogens (primary N) is 1. The first-order valence-corrected chi connectivity index (χ1v) is 7.43. The van der Waals surface area contributed by atoms with E-state index in [-0.39, 0.29) is 11.3 Å². The van der Waals surface area contributed by atoms with Crippen molar-refractivity contribution in [3.8, 4) is 0 Å². The number of carbonyl (C=O) groups excluding carboxylic acids is 1. The Kier molecular flexibility index (Phi) is 5.14. The van der Waals surface area contributed by atoms with Crippen LogP contribution in [-0.4, -0.2) is 16.4 Å². The molecule has 1 aliphatic rings. The SMILES string of the molecule is CCC(CC)(NC(=O)C1(C)CCCCC1)C(N)=S. The molecule has 0 aromatic carbocycles. The average molecular weight is 270 g/mol. The number of carbonyl (C=O) groups is 1. The highest BCUT2D eigenvalue weighted by molar-refractivity contribution is 7.80. The van der Waals surface area contributed by atoms with E-state index < -0.39 is 5.54 Å². The molecule has 0 unspecified atom stereocenters. The van der Waals surface area contributed by atoms with Crippen molar-refractivity contribution in [2.45, 2.75) is 71.3 Å². The number of thiocarbonyl (C=S) groups is 1. The van der Waals surface area contributed by atoms with Crippen LogP contribution in [0.15, 0.2) is 0 Å². The standard InChI is InChI=1S/C14H26N2OS/c1-4-14(5-2,11(15)18)16-12(17)13(3)9-7-6-8-10-13/h4-10H2,1-3H3,(H2,15,18)(H,16,17). The van der Waals surface area contributed by atoms with Crippen LogP contribution < -0.4 is 11.1 Å². The van der Waals surface area contributed by atoms with Crippen LogP contribution in [0.2, 0.25) is 0 Å². The zero-order valence-corrected chi connectivity index (χ0v) is 12.7. The van der Waals surface area contributed by atoms with Crippen LogP contribution >= 0.6 is 12.2 Å². The van der Waals surface area contributed by atoms with Crippen molar-refractivity contribution in [2.75, 3.05) is 0 Å². The lowest BCUT2D eigenvalue weighted by Gasteiger charge is -2.38. The van der Waals surface area contributed by atoms with E-state index in [1.165, 1.54) is 6.42 Å². The van der Waals surface area contributed by atoms with Gasteiger partial charge in [-0.25, -0.2) is 0 Å². The summed E-state index contributed by atoms with van der Waals surface area (Å²) in [6.07, 6.45) is 6.97. The molecule has 1 rings (SSSR count). The fourth-order valence-corrected chi connectivity index (χ4v) is 3.10. The first-order valence-electron chi connectivity index (χ1n) is 7.03. The predicted molar refractivity (Wildman–Crippen MR) is 79.4 cm³/mol. The molecule has 1 aliphatic carbocycles. The van der Waals surface area contributed by atoms with Gasteiger partial charge in [0.05, 0.1) is 10.5 Å². The largest absolute Gasteiger partial charge is 0.391 e. The molecule has 0 aromatic heterocycles. The minimum Gasteiger partial charge on any atom is -0.391 e. The van der Waals surface area contributed by atoms with E-state index >= 15 is 0 Å². The fraction of sp³-hybridized carbons (Fsp3) is 0.857. The second-order valence-corrected chi connectivity index (χ2v) is 6.17. The smallest absolute Gasteiger partial charge is 0.226 e. The molecular weight excluding hydrogens is 244 g/mol. The van der Waals surface area contributed by atoms with Crippen molar-refractivity contribution in [3.05, 3.63) is 0 Å². The Morgan fingerprint density at radius 1 is 1.28 bits per heavy atom. The average Bonchev–Trinajstić information content (AvgIpc) is 2.36. The van der Waals surface area contributed by atoms with Crippen LogP contribution in [0.1, 0.15) is 65.7 Å². The van der Waals surface area contributed by atoms with Crippen LogP contribution in [0.25, 0.3) is 0 Å². The molecule has 0 saturated heterocycles. The van der Waals surface area contributed by atoms with Crippen LogP contribution in [0, 0.1) is 5.41 Å². The van der Waals surface area contributed by atoms with Gasteiger partial charge in [0, 0.05) is 5.41 Å². The molecule has 0 bridgehead atoms. The number of nitrogens with one attached hydrogen (secondary N) is 1. The molecule has 0 heterocycles. The monoisotopic (exact) mass is 270 g/mol. The van der Waals surface area contributed by atoms with Gasteiger partial charge in [-0.3, -0.25) is 4.79 Å². The van der Waals surface area contributed by atoms with Crippen molar-refractivity contribution >= 4 is 23.1 Å². The highest BCUT2D eigenvalue weighted by Crippen LogP contribution is 2.36. The maximum atomic E-state index is 12.5. The molecule has 0 aromatic rings. The molecule has 1 saturated carbocycles. The summed E-state index contributed by atoms with van der Waals surface area (Å²) in [6, 6.07) is 0. The van der Waals surface area contributed by atoms with Crippen molar-refractivity contribution in [1.82, 2.24) is 5.32 Å². The Hall–Kier alpha value is -0.640. The van der Waals surface area contributed by atoms with Gasteiger partial charge in [-0.15, -0.1) is 0 Å². The fourth-order valence-electron chi connectivity index (χ4n) is 2.76. The van der Waals surface area contributed by atoms with E-state index in [9.17, 15) is 4.79 Å². The van der Waals surface area contributed by atoms with Gasteiger partial charge in [0.25, 0.3) is 0 Å². The molecule has 0 atom stereocenters.